The van der Waals surface area contributed by atoms with Gasteiger partial charge in [0, 0.05) is 13.2 Å². The molecule has 2 rings (SSSR count). The molecule has 2 aliphatic heterocycles. The molecule has 5 nitrogen and oxygen atoms in total. The monoisotopic (exact) mass is 254 g/mol. The quantitative estimate of drug-likeness (QED) is 0.759. The molecule has 102 valence electrons. The summed E-state index contributed by atoms with van der Waals surface area (Å²) in [5.41, 5.74) is -0.673. The van der Waals surface area contributed by atoms with Crippen LogP contribution in [0.3, 0.4) is 0 Å². The van der Waals surface area contributed by atoms with Gasteiger partial charge in [-0.05, 0) is 39.0 Å². The summed E-state index contributed by atoms with van der Waals surface area (Å²) in [5, 5.41) is 2.40. The molecule has 2 heterocycles. The molecule has 0 aromatic rings. The second-order valence-corrected chi connectivity index (χ2v) is 5.32. The molecular formula is C13H22N2O3. The molecule has 0 aromatic carbocycles. The fourth-order valence-corrected chi connectivity index (χ4v) is 2.69. The summed E-state index contributed by atoms with van der Waals surface area (Å²) in [4.78, 5) is 25.2. The minimum Gasteiger partial charge on any atom is -0.378 e. The van der Waals surface area contributed by atoms with Crippen molar-refractivity contribution in [3.8, 4) is 0 Å². The number of hydrogen-bond donors (Lipinski definition) is 1. The zero-order chi connectivity index (χ0) is 13.2. The van der Waals surface area contributed by atoms with Crippen LogP contribution in [0.25, 0.3) is 0 Å². The Morgan fingerprint density at radius 2 is 2.28 bits per heavy atom. The zero-order valence-electron chi connectivity index (χ0n) is 11.2. The number of amides is 3. The maximum Gasteiger partial charge on any atom is 0.325 e. The van der Waals surface area contributed by atoms with E-state index in [1.807, 2.05) is 13.8 Å². The maximum absolute atomic E-state index is 11.8. The summed E-state index contributed by atoms with van der Waals surface area (Å²) in [6, 6.07) is -0.253. The van der Waals surface area contributed by atoms with Crippen LogP contribution in [0.4, 0.5) is 4.79 Å². The van der Waals surface area contributed by atoms with Gasteiger partial charge in [0.25, 0.3) is 5.91 Å². The molecule has 0 spiro atoms. The topological polar surface area (TPSA) is 58.6 Å². The maximum atomic E-state index is 11.8. The van der Waals surface area contributed by atoms with Crippen LogP contribution in [0.2, 0.25) is 0 Å². The largest absolute Gasteiger partial charge is 0.378 e. The average Bonchev–Trinajstić information content (AvgIpc) is 2.92. The van der Waals surface area contributed by atoms with Gasteiger partial charge in [-0.2, -0.15) is 0 Å². The fraction of sp³-hybridized carbons (Fsp3) is 0.846. The number of imide groups is 1. The minimum atomic E-state index is -0.673. The van der Waals surface area contributed by atoms with Gasteiger partial charge in [-0.15, -0.1) is 0 Å². The number of urea groups is 1. The van der Waals surface area contributed by atoms with Crippen LogP contribution in [-0.4, -0.2) is 41.6 Å². The highest BCUT2D eigenvalue weighted by Crippen LogP contribution is 2.26. The van der Waals surface area contributed by atoms with Crippen molar-refractivity contribution in [3.63, 3.8) is 0 Å². The second kappa shape index (κ2) is 5.26. The van der Waals surface area contributed by atoms with Gasteiger partial charge in [-0.1, -0.05) is 6.92 Å². The van der Waals surface area contributed by atoms with Crippen LogP contribution < -0.4 is 5.32 Å². The molecule has 2 saturated heterocycles. The first kappa shape index (κ1) is 13.3. The van der Waals surface area contributed by atoms with Crippen LogP contribution in [0.15, 0.2) is 0 Å². The number of carbonyl (C=O) groups is 2. The Morgan fingerprint density at radius 3 is 2.89 bits per heavy atom. The molecule has 0 aromatic heterocycles. The lowest BCUT2D eigenvalue weighted by Crippen LogP contribution is -2.47. The van der Waals surface area contributed by atoms with Crippen molar-refractivity contribution in [1.82, 2.24) is 10.2 Å². The van der Waals surface area contributed by atoms with Crippen LogP contribution in [0.1, 0.15) is 46.0 Å². The van der Waals surface area contributed by atoms with Crippen LogP contribution >= 0.6 is 0 Å². The van der Waals surface area contributed by atoms with Gasteiger partial charge in [-0.25, -0.2) is 4.79 Å². The highest BCUT2D eigenvalue weighted by Gasteiger charge is 2.47. The Morgan fingerprint density at radius 1 is 1.50 bits per heavy atom. The smallest absolute Gasteiger partial charge is 0.325 e. The van der Waals surface area contributed by atoms with Crippen molar-refractivity contribution in [2.45, 2.75) is 57.6 Å². The predicted octanol–water partition coefficient (Wildman–Crippen LogP) is 1.67. The van der Waals surface area contributed by atoms with E-state index in [4.69, 9.17) is 4.74 Å². The third-order valence-corrected chi connectivity index (χ3v) is 4.17. The van der Waals surface area contributed by atoms with Gasteiger partial charge < -0.3 is 9.64 Å². The molecule has 0 aliphatic carbocycles. The third-order valence-electron chi connectivity index (χ3n) is 4.17. The first-order valence-electron chi connectivity index (χ1n) is 6.82. The molecule has 0 bridgehead atoms. The van der Waals surface area contributed by atoms with E-state index in [0.717, 1.165) is 32.3 Å². The van der Waals surface area contributed by atoms with Crippen LogP contribution in [0, 0.1) is 0 Å². The lowest BCUT2D eigenvalue weighted by Gasteiger charge is -2.30. The van der Waals surface area contributed by atoms with Crippen molar-refractivity contribution < 1.29 is 14.3 Å². The van der Waals surface area contributed by atoms with Crippen LogP contribution in [0.5, 0.6) is 0 Å². The van der Waals surface area contributed by atoms with Crippen molar-refractivity contribution in [3.05, 3.63) is 0 Å². The molecule has 5 heteroatoms. The van der Waals surface area contributed by atoms with Gasteiger partial charge in [-0.3, -0.25) is 10.1 Å². The van der Waals surface area contributed by atoms with E-state index in [1.165, 1.54) is 0 Å². The van der Waals surface area contributed by atoms with Crippen LogP contribution in [-0.2, 0) is 9.53 Å². The normalized spacial score (nSPS) is 32.1. The number of hydrogen-bond acceptors (Lipinski definition) is 3. The highest BCUT2D eigenvalue weighted by molar-refractivity contribution is 6.06. The van der Waals surface area contributed by atoms with Gasteiger partial charge >= 0.3 is 6.03 Å². The number of carbonyl (C=O) groups excluding carboxylic acids is 2. The molecule has 18 heavy (non-hydrogen) atoms. The molecule has 2 aliphatic rings. The summed E-state index contributed by atoms with van der Waals surface area (Å²) < 4.78 is 5.56. The summed E-state index contributed by atoms with van der Waals surface area (Å²) in [6.07, 6.45) is 5.11. The molecule has 2 unspecified atom stereocenters. The van der Waals surface area contributed by atoms with E-state index in [9.17, 15) is 9.59 Å². The molecule has 2 atom stereocenters. The minimum absolute atomic E-state index is 0.174. The molecule has 0 saturated carbocycles. The summed E-state index contributed by atoms with van der Waals surface area (Å²) >= 11 is 0. The predicted molar refractivity (Wildman–Crippen MR) is 67.1 cm³/mol. The Labute approximate surface area is 108 Å². The number of ether oxygens (including phenoxy) is 1. The Bertz CT molecular complexity index is 339. The number of nitrogens with one attached hydrogen (secondary N) is 1. The molecule has 2 fully saturated rings. The number of nitrogens with zero attached hydrogens (tertiary/aromatic N) is 1. The fourth-order valence-electron chi connectivity index (χ4n) is 2.69. The molecule has 1 N–H and O–H groups in total. The first-order valence-corrected chi connectivity index (χ1v) is 6.82. The van der Waals surface area contributed by atoms with E-state index in [1.54, 1.807) is 4.90 Å². The lowest BCUT2D eigenvalue weighted by atomic mass is 9.97. The standard InChI is InChI=1S/C13H22N2O3/c1-3-13(2)11(16)14-12(17)15(13)8-4-6-10-7-5-9-18-10/h10H,3-9H2,1-2H3,(H,14,16,17). The average molecular weight is 254 g/mol. The van der Waals surface area contributed by atoms with E-state index in [2.05, 4.69) is 5.32 Å². The zero-order valence-corrected chi connectivity index (χ0v) is 11.2. The summed E-state index contributed by atoms with van der Waals surface area (Å²) in [6.45, 7) is 5.26. The summed E-state index contributed by atoms with van der Waals surface area (Å²) in [7, 11) is 0. The van der Waals surface area contributed by atoms with E-state index in [0.29, 0.717) is 19.1 Å². The highest BCUT2D eigenvalue weighted by atomic mass is 16.5. The van der Waals surface area contributed by atoms with E-state index < -0.39 is 5.54 Å². The summed E-state index contributed by atoms with van der Waals surface area (Å²) in [5.74, 6) is -0.174. The Kier molecular flexibility index (Phi) is 3.90. The van der Waals surface area contributed by atoms with E-state index in [-0.39, 0.29) is 11.9 Å². The lowest BCUT2D eigenvalue weighted by molar-refractivity contribution is -0.126. The van der Waals surface area contributed by atoms with Gasteiger partial charge in [0.05, 0.1) is 6.10 Å². The number of rotatable bonds is 5. The van der Waals surface area contributed by atoms with Gasteiger partial charge in [0.15, 0.2) is 0 Å². The Balaban J connectivity index is 1.86. The first-order chi connectivity index (χ1) is 8.58. The van der Waals surface area contributed by atoms with Crippen molar-refractivity contribution >= 4 is 11.9 Å². The SMILES string of the molecule is CCC1(C)C(=O)NC(=O)N1CCCC1CCCO1. The van der Waals surface area contributed by atoms with Crippen molar-refractivity contribution in [1.29, 1.82) is 0 Å². The second-order valence-electron chi connectivity index (χ2n) is 5.32. The molecule has 3 amide bonds. The van der Waals surface area contributed by atoms with Gasteiger partial charge in [0.1, 0.15) is 5.54 Å². The van der Waals surface area contributed by atoms with E-state index >= 15 is 0 Å². The Hall–Kier alpha value is -1.10. The molecule has 0 radical (unpaired) electrons. The van der Waals surface area contributed by atoms with Crippen molar-refractivity contribution in [2.75, 3.05) is 13.2 Å². The third kappa shape index (κ3) is 2.36. The molecular weight excluding hydrogens is 232 g/mol. The van der Waals surface area contributed by atoms with Crippen molar-refractivity contribution in [2.24, 2.45) is 0 Å². The van der Waals surface area contributed by atoms with Gasteiger partial charge in [0.2, 0.25) is 0 Å².